The van der Waals surface area contributed by atoms with Crippen LogP contribution >= 0.6 is 11.3 Å². The zero-order valence-corrected chi connectivity index (χ0v) is 15.4. The molecule has 1 atom stereocenters. The van der Waals surface area contributed by atoms with Gasteiger partial charge in [0.1, 0.15) is 6.04 Å². The first-order valence-corrected chi connectivity index (χ1v) is 9.35. The first-order valence-electron chi connectivity index (χ1n) is 8.47. The van der Waals surface area contributed by atoms with Crippen molar-refractivity contribution in [1.82, 2.24) is 9.88 Å². The van der Waals surface area contributed by atoms with Gasteiger partial charge in [0.15, 0.2) is 0 Å². The van der Waals surface area contributed by atoms with Crippen LogP contribution in [0.4, 0.5) is 0 Å². The van der Waals surface area contributed by atoms with E-state index in [0.29, 0.717) is 18.5 Å². The lowest BCUT2D eigenvalue weighted by atomic mass is 10.0. The Morgan fingerprint density at radius 1 is 1.27 bits per heavy atom. The lowest BCUT2D eigenvalue weighted by Crippen LogP contribution is -2.41. The summed E-state index contributed by atoms with van der Waals surface area (Å²) in [5.74, 6) is -0.489. The molecule has 2 heterocycles. The molecule has 6 heteroatoms. The van der Waals surface area contributed by atoms with E-state index in [0.717, 1.165) is 26.9 Å². The summed E-state index contributed by atoms with van der Waals surface area (Å²) in [6.07, 6.45) is 0.528. The fourth-order valence-corrected chi connectivity index (χ4v) is 4.10. The summed E-state index contributed by atoms with van der Waals surface area (Å²) >= 11 is 1.61. The number of hydrogen-bond donors (Lipinski definition) is 0. The summed E-state index contributed by atoms with van der Waals surface area (Å²) in [6, 6.07) is 11.5. The molecule has 132 valence electrons. The van der Waals surface area contributed by atoms with E-state index in [9.17, 15) is 9.59 Å². The number of fused-ring (bicyclic) bond motifs is 2. The molecule has 1 amide bonds. The van der Waals surface area contributed by atoms with Crippen LogP contribution in [-0.2, 0) is 16.1 Å². The van der Waals surface area contributed by atoms with Crippen LogP contribution in [0.2, 0.25) is 0 Å². The van der Waals surface area contributed by atoms with Crippen molar-refractivity contribution >= 4 is 33.4 Å². The minimum Gasteiger partial charge on any atom is -0.467 e. The lowest BCUT2D eigenvalue weighted by Gasteiger charge is -2.24. The maximum Gasteiger partial charge on any atom is 0.328 e. The zero-order chi connectivity index (χ0) is 18.3. The minimum absolute atomic E-state index is 0.117. The van der Waals surface area contributed by atoms with Crippen LogP contribution in [0.3, 0.4) is 0 Å². The predicted molar refractivity (Wildman–Crippen MR) is 101 cm³/mol. The van der Waals surface area contributed by atoms with Crippen molar-refractivity contribution < 1.29 is 14.3 Å². The van der Waals surface area contributed by atoms with Crippen LogP contribution in [0.5, 0.6) is 0 Å². The second-order valence-corrected chi connectivity index (χ2v) is 7.17. The van der Waals surface area contributed by atoms with Crippen molar-refractivity contribution in [3.63, 3.8) is 0 Å². The Bertz CT molecular complexity index is 1010. The quantitative estimate of drug-likeness (QED) is 0.658. The monoisotopic (exact) mass is 366 g/mol. The summed E-state index contributed by atoms with van der Waals surface area (Å²) in [6.45, 7) is 2.32. The van der Waals surface area contributed by atoms with E-state index in [1.165, 1.54) is 7.11 Å². The number of ether oxygens (including phenoxy) is 1. The molecular formula is C20H18N2O3S. The standard InChI is InChI=1S/C20H18N2O3S/c1-3-17(20(24)25-2)22-10-14-5-4-12(8-15(14)19(22)23)13-6-7-18-16(9-13)21-11-26-18/h4-9,11,17H,3,10H2,1-2H3. The Labute approximate surface area is 155 Å². The maximum absolute atomic E-state index is 12.9. The molecule has 0 aliphatic carbocycles. The maximum atomic E-state index is 12.9. The minimum atomic E-state index is -0.547. The van der Waals surface area contributed by atoms with Gasteiger partial charge in [-0.15, -0.1) is 11.3 Å². The van der Waals surface area contributed by atoms with Gasteiger partial charge in [-0.05, 0) is 41.3 Å². The van der Waals surface area contributed by atoms with Crippen LogP contribution in [-0.4, -0.2) is 34.9 Å². The van der Waals surface area contributed by atoms with Crippen LogP contribution < -0.4 is 0 Å². The van der Waals surface area contributed by atoms with Gasteiger partial charge in [0.2, 0.25) is 0 Å². The Morgan fingerprint density at radius 3 is 2.81 bits per heavy atom. The molecule has 26 heavy (non-hydrogen) atoms. The zero-order valence-electron chi connectivity index (χ0n) is 14.6. The second-order valence-electron chi connectivity index (χ2n) is 6.29. The molecule has 0 saturated heterocycles. The molecule has 0 saturated carbocycles. The number of hydrogen-bond acceptors (Lipinski definition) is 5. The fourth-order valence-electron chi connectivity index (χ4n) is 3.44. The molecule has 1 aliphatic rings. The summed E-state index contributed by atoms with van der Waals surface area (Å²) in [7, 11) is 1.35. The summed E-state index contributed by atoms with van der Waals surface area (Å²) in [5, 5.41) is 0. The van der Waals surface area contributed by atoms with Gasteiger partial charge >= 0.3 is 5.97 Å². The number of methoxy groups -OCH3 is 1. The smallest absolute Gasteiger partial charge is 0.328 e. The predicted octanol–water partition coefficient (Wildman–Crippen LogP) is 3.87. The molecule has 0 fully saturated rings. The van der Waals surface area contributed by atoms with Crippen LogP contribution in [0, 0.1) is 0 Å². The largest absolute Gasteiger partial charge is 0.467 e. The van der Waals surface area contributed by atoms with E-state index in [1.807, 2.05) is 48.8 Å². The Balaban J connectivity index is 1.69. The number of carbonyl (C=O) groups is 2. The third kappa shape index (κ3) is 2.66. The first kappa shape index (κ1) is 16.7. The second kappa shape index (κ2) is 6.53. The molecule has 0 N–H and O–H groups in total. The van der Waals surface area contributed by atoms with Gasteiger partial charge in [-0.25, -0.2) is 9.78 Å². The SMILES string of the molecule is CCC(C(=O)OC)N1Cc2ccc(-c3ccc4scnc4c3)cc2C1=O. The third-order valence-electron chi connectivity index (χ3n) is 4.84. The highest BCUT2D eigenvalue weighted by Gasteiger charge is 2.36. The van der Waals surface area contributed by atoms with Gasteiger partial charge in [-0.1, -0.05) is 25.1 Å². The highest BCUT2D eigenvalue weighted by molar-refractivity contribution is 7.16. The number of benzene rings is 2. The van der Waals surface area contributed by atoms with Gasteiger partial charge in [0.05, 0.1) is 22.8 Å². The van der Waals surface area contributed by atoms with E-state index < -0.39 is 6.04 Å². The number of esters is 1. The van der Waals surface area contributed by atoms with Crippen LogP contribution in [0.25, 0.3) is 21.3 Å². The van der Waals surface area contributed by atoms with Crippen molar-refractivity contribution in [2.45, 2.75) is 25.9 Å². The third-order valence-corrected chi connectivity index (χ3v) is 5.65. The van der Waals surface area contributed by atoms with Crippen molar-refractivity contribution in [3.8, 4) is 11.1 Å². The normalized spacial score (nSPS) is 14.5. The highest BCUT2D eigenvalue weighted by Crippen LogP contribution is 2.32. The van der Waals surface area contributed by atoms with Crippen molar-refractivity contribution in [1.29, 1.82) is 0 Å². The number of nitrogens with zero attached hydrogens (tertiary/aromatic N) is 2. The molecule has 5 nitrogen and oxygen atoms in total. The molecule has 3 aromatic rings. The topological polar surface area (TPSA) is 59.5 Å². The van der Waals surface area contributed by atoms with Crippen molar-refractivity contribution in [2.75, 3.05) is 7.11 Å². The number of aromatic nitrogens is 1. The molecule has 1 aromatic heterocycles. The van der Waals surface area contributed by atoms with Gasteiger partial charge in [-0.3, -0.25) is 4.79 Å². The van der Waals surface area contributed by atoms with Gasteiger partial charge in [0.25, 0.3) is 5.91 Å². The lowest BCUT2D eigenvalue weighted by molar-refractivity contribution is -0.146. The molecule has 2 aromatic carbocycles. The Hall–Kier alpha value is -2.73. The molecule has 0 bridgehead atoms. The number of rotatable bonds is 4. The molecular weight excluding hydrogens is 348 g/mol. The average molecular weight is 366 g/mol. The van der Waals surface area contributed by atoms with E-state index in [4.69, 9.17) is 4.74 Å². The van der Waals surface area contributed by atoms with E-state index in [-0.39, 0.29) is 11.9 Å². The van der Waals surface area contributed by atoms with E-state index >= 15 is 0 Å². The van der Waals surface area contributed by atoms with E-state index in [1.54, 1.807) is 16.2 Å². The molecule has 1 unspecified atom stereocenters. The fraction of sp³-hybridized carbons (Fsp3) is 0.250. The first-order chi connectivity index (χ1) is 12.6. The Morgan fingerprint density at radius 2 is 2.04 bits per heavy atom. The van der Waals surface area contributed by atoms with E-state index in [2.05, 4.69) is 4.98 Å². The van der Waals surface area contributed by atoms with Gasteiger partial charge < -0.3 is 9.64 Å². The summed E-state index contributed by atoms with van der Waals surface area (Å²) < 4.78 is 5.99. The van der Waals surface area contributed by atoms with Gasteiger partial charge in [0, 0.05) is 12.1 Å². The van der Waals surface area contributed by atoms with Crippen molar-refractivity contribution in [2.24, 2.45) is 0 Å². The van der Waals surface area contributed by atoms with Crippen LogP contribution in [0.1, 0.15) is 29.3 Å². The highest BCUT2D eigenvalue weighted by atomic mass is 32.1. The summed E-state index contributed by atoms with van der Waals surface area (Å²) in [4.78, 5) is 30.8. The number of carbonyl (C=O) groups excluding carboxylic acids is 2. The van der Waals surface area contributed by atoms with Crippen molar-refractivity contribution in [3.05, 3.63) is 53.0 Å². The average Bonchev–Trinajstić information content (AvgIpc) is 3.26. The number of amides is 1. The summed E-state index contributed by atoms with van der Waals surface area (Å²) in [5.41, 5.74) is 6.38. The van der Waals surface area contributed by atoms with Gasteiger partial charge in [-0.2, -0.15) is 0 Å². The molecule has 1 aliphatic heterocycles. The molecule has 4 rings (SSSR count). The molecule has 0 radical (unpaired) electrons. The molecule has 0 spiro atoms. The van der Waals surface area contributed by atoms with Crippen LogP contribution in [0.15, 0.2) is 41.9 Å². The Kier molecular flexibility index (Phi) is 4.20. The number of thiazole rings is 1.